The van der Waals surface area contributed by atoms with Gasteiger partial charge < -0.3 is 4.74 Å². The summed E-state index contributed by atoms with van der Waals surface area (Å²) in [4.78, 5) is 12.4. The van der Waals surface area contributed by atoms with Gasteiger partial charge in [-0.2, -0.15) is 0 Å². The van der Waals surface area contributed by atoms with Crippen LogP contribution in [0.3, 0.4) is 0 Å². The lowest BCUT2D eigenvalue weighted by Gasteiger charge is -2.18. The Morgan fingerprint density at radius 1 is 0.562 bits per heavy atom. The highest BCUT2D eigenvalue weighted by Gasteiger charge is 2.14. The summed E-state index contributed by atoms with van der Waals surface area (Å²) in [7, 11) is 0. The van der Waals surface area contributed by atoms with Gasteiger partial charge in [0.05, 0.1) is 0 Å². The van der Waals surface area contributed by atoms with E-state index in [0.29, 0.717) is 6.42 Å². The Morgan fingerprint density at radius 2 is 1.00 bits per heavy atom. The summed E-state index contributed by atoms with van der Waals surface area (Å²) >= 11 is 0. The van der Waals surface area contributed by atoms with E-state index in [1.54, 1.807) is 0 Å². The Morgan fingerprint density at radius 3 is 1.56 bits per heavy atom. The first-order valence-corrected chi connectivity index (χ1v) is 14.6. The molecule has 0 rings (SSSR count). The number of carbonyl (C=O) groups is 1. The van der Waals surface area contributed by atoms with E-state index in [1.807, 2.05) is 0 Å². The quantitative estimate of drug-likeness (QED) is 0.0785. The Balaban J connectivity index is 3.90. The number of rotatable bonds is 25. The van der Waals surface area contributed by atoms with Gasteiger partial charge in [0.2, 0.25) is 0 Å². The average molecular weight is 451 g/mol. The molecule has 0 aliphatic carbocycles. The molecule has 0 spiro atoms. The van der Waals surface area contributed by atoms with Crippen LogP contribution in [-0.4, -0.2) is 12.1 Å². The maximum Gasteiger partial charge on any atom is 0.306 e. The maximum atomic E-state index is 12.4. The van der Waals surface area contributed by atoms with Crippen LogP contribution in [0.2, 0.25) is 0 Å². The minimum Gasteiger partial charge on any atom is -0.462 e. The highest BCUT2D eigenvalue weighted by molar-refractivity contribution is 5.69. The van der Waals surface area contributed by atoms with Crippen molar-refractivity contribution in [3.05, 3.63) is 12.2 Å². The van der Waals surface area contributed by atoms with Crippen LogP contribution in [0.1, 0.15) is 168 Å². The van der Waals surface area contributed by atoms with Crippen molar-refractivity contribution in [2.45, 2.75) is 175 Å². The zero-order valence-electron chi connectivity index (χ0n) is 22.3. The molecule has 0 aromatic carbocycles. The fourth-order valence-corrected chi connectivity index (χ4v) is 4.25. The SMILES string of the molecule is CCCCC=CCCCCCCCC(=O)OC(CCCCCCC)CCCCCCCC. The molecular formula is C30H58O2. The molecule has 0 radical (unpaired) electrons. The number of allylic oxidation sites excluding steroid dienone is 2. The summed E-state index contributed by atoms with van der Waals surface area (Å²) in [6.07, 6.45) is 32.9. The van der Waals surface area contributed by atoms with Crippen LogP contribution in [0, 0.1) is 0 Å². The van der Waals surface area contributed by atoms with Gasteiger partial charge in [-0.25, -0.2) is 0 Å². The van der Waals surface area contributed by atoms with E-state index in [-0.39, 0.29) is 12.1 Å². The first kappa shape index (κ1) is 31.2. The number of carbonyl (C=O) groups excluding carboxylic acids is 1. The fraction of sp³-hybridized carbons (Fsp3) is 0.900. The third-order valence-electron chi connectivity index (χ3n) is 6.45. The second-order valence-corrected chi connectivity index (χ2v) is 9.79. The summed E-state index contributed by atoms with van der Waals surface area (Å²) in [6, 6.07) is 0. The lowest BCUT2D eigenvalue weighted by atomic mass is 10.0. The first-order chi connectivity index (χ1) is 15.7. The van der Waals surface area contributed by atoms with E-state index >= 15 is 0 Å². The van der Waals surface area contributed by atoms with Crippen LogP contribution in [-0.2, 0) is 9.53 Å². The van der Waals surface area contributed by atoms with Crippen LogP contribution in [0.25, 0.3) is 0 Å². The standard InChI is InChI=1S/C30H58O2/c1-4-7-10-13-15-16-17-18-19-22-25-28-30(31)32-29(26-23-20-12-9-6-3)27-24-21-14-11-8-5-2/h13,15,29H,4-12,14,16-28H2,1-3H3. The van der Waals surface area contributed by atoms with Gasteiger partial charge in [-0.15, -0.1) is 0 Å². The second kappa shape index (κ2) is 26.5. The van der Waals surface area contributed by atoms with Crippen molar-refractivity contribution in [2.75, 3.05) is 0 Å². The summed E-state index contributed by atoms with van der Waals surface area (Å²) in [5, 5.41) is 0. The van der Waals surface area contributed by atoms with E-state index in [4.69, 9.17) is 4.74 Å². The maximum absolute atomic E-state index is 12.4. The molecule has 0 N–H and O–H groups in total. The zero-order chi connectivity index (χ0) is 23.5. The molecule has 0 aliphatic heterocycles. The molecular weight excluding hydrogens is 392 g/mol. The molecule has 1 unspecified atom stereocenters. The molecule has 0 bridgehead atoms. The van der Waals surface area contributed by atoms with Crippen molar-refractivity contribution in [3.8, 4) is 0 Å². The predicted octanol–water partition coefficient (Wildman–Crippen LogP) is 10.5. The number of unbranched alkanes of at least 4 members (excludes halogenated alkanes) is 16. The van der Waals surface area contributed by atoms with E-state index in [0.717, 1.165) is 25.7 Å². The molecule has 0 saturated carbocycles. The van der Waals surface area contributed by atoms with Crippen LogP contribution in [0.5, 0.6) is 0 Å². The van der Waals surface area contributed by atoms with E-state index in [1.165, 1.54) is 116 Å². The normalized spacial score (nSPS) is 12.5. The summed E-state index contributed by atoms with van der Waals surface area (Å²) in [5.74, 6) is 0.0494. The molecule has 32 heavy (non-hydrogen) atoms. The van der Waals surface area contributed by atoms with E-state index in [2.05, 4.69) is 32.9 Å². The van der Waals surface area contributed by atoms with Gasteiger partial charge >= 0.3 is 5.97 Å². The third kappa shape index (κ3) is 23.9. The molecule has 0 aromatic heterocycles. The van der Waals surface area contributed by atoms with Crippen LogP contribution >= 0.6 is 0 Å². The molecule has 190 valence electrons. The van der Waals surface area contributed by atoms with Crippen LogP contribution in [0.15, 0.2) is 12.2 Å². The smallest absolute Gasteiger partial charge is 0.306 e. The Kier molecular flexibility index (Phi) is 25.8. The Hall–Kier alpha value is -0.790. The molecule has 2 heteroatoms. The average Bonchev–Trinajstić information content (AvgIpc) is 2.79. The number of hydrogen-bond acceptors (Lipinski definition) is 2. The van der Waals surface area contributed by atoms with Gasteiger partial charge in [-0.1, -0.05) is 123 Å². The molecule has 0 heterocycles. The molecule has 0 aliphatic rings. The monoisotopic (exact) mass is 450 g/mol. The highest BCUT2D eigenvalue weighted by Crippen LogP contribution is 2.18. The largest absolute Gasteiger partial charge is 0.462 e. The van der Waals surface area contributed by atoms with Crippen molar-refractivity contribution in [1.29, 1.82) is 0 Å². The lowest BCUT2D eigenvalue weighted by molar-refractivity contribution is -0.150. The van der Waals surface area contributed by atoms with Gasteiger partial charge in [0.1, 0.15) is 6.10 Å². The van der Waals surface area contributed by atoms with Gasteiger partial charge in [0.25, 0.3) is 0 Å². The van der Waals surface area contributed by atoms with Crippen molar-refractivity contribution < 1.29 is 9.53 Å². The molecule has 1 atom stereocenters. The highest BCUT2D eigenvalue weighted by atomic mass is 16.5. The minimum atomic E-state index is 0.0494. The zero-order valence-corrected chi connectivity index (χ0v) is 22.3. The Bertz CT molecular complexity index is 402. The molecule has 0 amide bonds. The number of ether oxygens (including phenoxy) is 1. The summed E-state index contributed by atoms with van der Waals surface area (Å²) in [5.41, 5.74) is 0. The van der Waals surface area contributed by atoms with Crippen LogP contribution < -0.4 is 0 Å². The van der Waals surface area contributed by atoms with Crippen molar-refractivity contribution >= 4 is 5.97 Å². The van der Waals surface area contributed by atoms with Gasteiger partial charge in [-0.3, -0.25) is 4.79 Å². The van der Waals surface area contributed by atoms with Gasteiger partial charge in [-0.05, 0) is 51.4 Å². The van der Waals surface area contributed by atoms with Crippen molar-refractivity contribution in [3.63, 3.8) is 0 Å². The summed E-state index contributed by atoms with van der Waals surface area (Å²) < 4.78 is 5.93. The van der Waals surface area contributed by atoms with E-state index < -0.39 is 0 Å². The third-order valence-corrected chi connectivity index (χ3v) is 6.45. The molecule has 0 aromatic rings. The number of hydrogen-bond donors (Lipinski definition) is 0. The van der Waals surface area contributed by atoms with Crippen molar-refractivity contribution in [2.24, 2.45) is 0 Å². The molecule has 2 nitrogen and oxygen atoms in total. The second-order valence-electron chi connectivity index (χ2n) is 9.79. The molecule has 0 saturated heterocycles. The Labute approximate surface area is 202 Å². The lowest BCUT2D eigenvalue weighted by Crippen LogP contribution is -2.18. The van der Waals surface area contributed by atoms with Crippen molar-refractivity contribution in [1.82, 2.24) is 0 Å². The van der Waals surface area contributed by atoms with E-state index in [9.17, 15) is 4.79 Å². The predicted molar refractivity (Wildman–Crippen MR) is 142 cm³/mol. The topological polar surface area (TPSA) is 26.3 Å². The first-order valence-electron chi connectivity index (χ1n) is 14.6. The minimum absolute atomic E-state index is 0.0494. The summed E-state index contributed by atoms with van der Waals surface area (Å²) in [6.45, 7) is 6.77. The van der Waals surface area contributed by atoms with Gasteiger partial charge in [0, 0.05) is 6.42 Å². The van der Waals surface area contributed by atoms with Crippen LogP contribution in [0.4, 0.5) is 0 Å². The fourth-order valence-electron chi connectivity index (χ4n) is 4.25. The van der Waals surface area contributed by atoms with Gasteiger partial charge in [0.15, 0.2) is 0 Å². The number of esters is 1. The molecule has 0 fully saturated rings.